The summed E-state index contributed by atoms with van der Waals surface area (Å²) in [6.07, 6.45) is 4.59. The Morgan fingerprint density at radius 2 is 2.14 bits per heavy atom. The van der Waals surface area contributed by atoms with Crippen LogP contribution in [-0.4, -0.2) is 29.9 Å². The SMILES string of the molecule is CCCC1(CN2C(=O)CNC2=O)CC1. The average molecular weight is 196 g/mol. The molecule has 78 valence electrons. The zero-order valence-corrected chi connectivity index (χ0v) is 8.51. The number of carbonyl (C=O) groups excluding carboxylic acids is 2. The molecule has 3 amide bonds. The normalized spacial score (nSPS) is 23.9. The minimum atomic E-state index is -0.211. The van der Waals surface area contributed by atoms with Crippen molar-refractivity contribution in [3.63, 3.8) is 0 Å². The fourth-order valence-corrected chi connectivity index (χ4v) is 2.15. The van der Waals surface area contributed by atoms with Crippen LogP contribution in [-0.2, 0) is 4.79 Å². The first-order valence-corrected chi connectivity index (χ1v) is 5.25. The van der Waals surface area contributed by atoms with Gasteiger partial charge in [-0.25, -0.2) is 4.79 Å². The first-order chi connectivity index (χ1) is 6.67. The van der Waals surface area contributed by atoms with Crippen molar-refractivity contribution in [1.82, 2.24) is 10.2 Å². The number of nitrogens with one attached hydrogen (secondary N) is 1. The van der Waals surface area contributed by atoms with Crippen LogP contribution >= 0.6 is 0 Å². The van der Waals surface area contributed by atoms with Crippen LogP contribution in [0.3, 0.4) is 0 Å². The molecule has 0 aromatic heterocycles. The van der Waals surface area contributed by atoms with Gasteiger partial charge in [-0.3, -0.25) is 9.69 Å². The summed E-state index contributed by atoms with van der Waals surface area (Å²) in [7, 11) is 0. The number of amides is 3. The molecular formula is C10H16N2O2. The standard InChI is InChI=1S/C10H16N2O2/c1-2-3-10(4-5-10)7-12-8(13)6-11-9(12)14/h2-7H2,1H3,(H,11,14). The lowest BCUT2D eigenvalue weighted by molar-refractivity contribution is -0.125. The second kappa shape index (κ2) is 3.26. The molecule has 0 aromatic carbocycles. The average Bonchev–Trinajstić information content (AvgIpc) is 2.84. The summed E-state index contributed by atoms with van der Waals surface area (Å²) < 4.78 is 0. The first-order valence-electron chi connectivity index (χ1n) is 5.25. The lowest BCUT2D eigenvalue weighted by Gasteiger charge is -2.20. The molecule has 2 aliphatic rings. The number of hydrogen-bond acceptors (Lipinski definition) is 2. The Kier molecular flexibility index (Phi) is 2.21. The van der Waals surface area contributed by atoms with E-state index in [4.69, 9.17) is 0 Å². The summed E-state index contributed by atoms with van der Waals surface area (Å²) in [5, 5.41) is 2.55. The van der Waals surface area contributed by atoms with E-state index in [-0.39, 0.29) is 23.9 Å². The molecule has 0 unspecified atom stereocenters. The van der Waals surface area contributed by atoms with Crippen molar-refractivity contribution < 1.29 is 9.59 Å². The van der Waals surface area contributed by atoms with Crippen molar-refractivity contribution in [3.05, 3.63) is 0 Å². The molecule has 1 aliphatic carbocycles. The molecule has 1 heterocycles. The fourth-order valence-electron chi connectivity index (χ4n) is 2.15. The van der Waals surface area contributed by atoms with Gasteiger partial charge in [-0.15, -0.1) is 0 Å². The van der Waals surface area contributed by atoms with Gasteiger partial charge in [-0.05, 0) is 24.7 Å². The predicted octanol–water partition coefficient (Wildman–Crippen LogP) is 1.12. The molecule has 4 nitrogen and oxygen atoms in total. The maximum atomic E-state index is 11.3. The minimum absolute atomic E-state index is 0.0719. The van der Waals surface area contributed by atoms with Gasteiger partial charge in [0.2, 0.25) is 5.91 Å². The van der Waals surface area contributed by atoms with Gasteiger partial charge in [0, 0.05) is 6.54 Å². The number of rotatable bonds is 4. The van der Waals surface area contributed by atoms with Crippen LogP contribution in [0, 0.1) is 5.41 Å². The van der Waals surface area contributed by atoms with Crippen LogP contribution in [0.5, 0.6) is 0 Å². The number of hydrogen-bond donors (Lipinski definition) is 1. The summed E-state index contributed by atoms with van der Waals surface area (Å²) in [6, 6.07) is -0.211. The quantitative estimate of drug-likeness (QED) is 0.685. The molecular weight excluding hydrogens is 180 g/mol. The molecule has 0 radical (unpaired) electrons. The van der Waals surface area contributed by atoms with Gasteiger partial charge in [0.15, 0.2) is 0 Å². The van der Waals surface area contributed by atoms with Crippen molar-refractivity contribution in [1.29, 1.82) is 0 Å². The summed E-state index contributed by atoms with van der Waals surface area (Å²) >= 11 is 0. The van der Waals surface area contributed by atoms with Crippen LogP contribution in [0.4, 0.5) is 4.79 Å². The molecule has 1 aliphatic heterocycles. The second-order valence-corrected chi connectivity index (χ2v) is 4.39. The van der Waals surface area contributed by atoms with Gasteiger partial charge in [-0.1, -0.05) is 13.3 Å². The van der Waals surface area contributed by atoms with Crippen LogP contribution in [0.2, 0.25) is 0 Å². The predicted molar refractivity (Wildman–Crippen MR) is 51.7 cm³/mol. The summed E-state index contributed by atoms with van der Waals surface area (Å²) in [4.78, 5) is 24.0. The third-order valence-electron chi connectivity index (χ3n) is 3.17. The van der Waals surface area contributed by atoms with E-state index in [1.807, 2.05) is 0 Å². The molecule has 0 bridgehead atoms. The zero-order valence-electron chi connectivity index (χ0n) is 8.51. The van der Waals surface area contributed by atoms with Crippen LogP contribution < -0.4 is 5.32 Å². The Morgan fingerprint density at radius 3 is 2.57 bits per heavy atom. The molecule has 0 atom stereocenters. The van der Waals surface area contributed by atoms with E-state index in [9.17, 15) is 9.59 Å². The first kappa shape index (κ1) is 9.49. The van der Waals surface area contributed by atoms with E-state index in [1.54, 1.807) is 0 Å². The number of carbonyl (C=O) groups is 2. The zero-order chi connectivity index (χ0) is 10.2. The number of imide groups is 1. The largest absolute Gasteiger partial charge is 0.329 e. The third kappa shape index (κ3) is 1.61. The maximum absolute atomic E-state index is 11.3. The van der Waals surface area contributed by atoms with Crippen molar-refractivity contribution in [2.24, 2.45) is 5.41 Å². The smallest absolute Gasteiger partial charge is 0.324 e. The fraction of sp³-hybridized carbons (Fsp3) is 0.800. The minimum Gasteiger partial charge on any atom is -0.329 e. The van der Waals surface area contributed by atoms with E-state index in [0.717, 1.165) is 25.7 Å². The van der Waals surface area contributed by atoms with Crippen LogP contribution in [0.15, 0.2) is 0 Å². The Morgan fingerprint density at radius 1 is 1.43 bits per heavy atom. The molecule has 1 N–H and O–H groups in total. The Bertz CT molecular complexity index is 255. The molecule has 4 heteroatoms. The van der Waals surface area contributed by atoms with E-state index in [2.05, 4.69) is 12.2 Å². The molecule has 1 saturated carbocycles. The highest BCUT2D eigenvalue weighted by molar-refractivity contribution is 6.02. The highest BCUT2D eigenvalue weighted by Gasteiger charge is 2.46. The highest BCUT2D eigenvalue weighted by atomic mass is 16.2. The number of nitrogens with zero attached hydrogens (tertiary/aromatic N) is 1. The maximum Gasteiger partial charge on any atom is 0.324 e. The van der Waals surface area contributed by atoms with Gasteiger partial charge in [0.1, 0.15) is 0 Å². The Balaban J connectivity index is 1.96. The van der Waals surface area contributed by atoms with E-state index in [1.165, 1.54) is 4.90 Å². The van der Waals surface area contributed by atoms with Crippen LogP contribution in [0.25, 0.3) is 0 Å². The molecule has 1 saturated heterocycles. The van der Waals surface area contributed by atoms with Crippen molar-refractivity contribution in [2.45, 2.75) is 32.6 Å². The summed E-state index contributed by atoms with van der Waals surface area (Å²) in [5.74, 6) is -0.0719. The van der Waals surface area contributed by atoms with Gasteiger partial charge >= 0.3 is 6.03 Å². The number of urea groups is 1. The lowest BCUT2D eigenvalue weighted by Crippen LogP contribution is -2.36. The van der Waals surface area contributed by atoms with Gasteiger partial charge in [0.25, 0.3) is 0 Å². The molecule has 2 fully saturated rings. The topological polar surface area (TPSA) is 49.4 Å². The van der Waals surface area contributed by atoms with E-state index < -0.39 is 0 Å². The lowest BCUT2D eigenvalue weighted by atomic mass is 10.0. The Labute approximate surface area is 83.6 Å². The highest BCUT2D eigenvalue weighted by Crippen LogP contribution is 2.50. The second-order valence-electron chi connectivity index (χ2n) is 4.39. The summed E-state index contributed by atoms with van der Waals surface area (Å²) in [5.41, 5.74) is 0.270. The van der Waals surface area contributed by atoms with Gasteiger partial charge in [0.05, 0.1) is 6.54 Å². The van der Waals surface area contributed by atoms with Gasteiger partial charge < -0.3 is 5.32 Å². The molecule has 0 aromatic rings. The molecule has 0 spiro atoms. The monoisotopic (exact) mass is 196 g/mol. The third-order valence-corrected chi connectivity index (χ3v) is 3.17. The van der Waals surface area contributed by atoms with Gasteiger partial charge in [-0.2, -0.15) is 0 Å². The van der Waals surface area contributed by atoms with Crippen molar-refractivity contribution >= 4 is 11.9 Å². The van der Waals surface area contributed by atoms with E-state index >= 15 is 0 Å². The van der Waals surface area contributed by atoms with Crippen molar-refractivity contribution in [3.8, 4) is 0 Å². The molecule has 14 heavy (non-hydrogen) atoms. The molecule has 2 rings (SSSR count). The van der Waals surface area contributed by atoms with Crippen molar-refractivity contribution in [2.75, 3.05) is 13.1 Å². The van der Waals surface area contributed by atoms with Crippen LogP contribution in [0.1, 0.15) is 32.6 Å². The summed E-state index contributed by atoms with van der Waals surface area (Å²) in [6.45, 7) is 2.96. The Hall–Kier alpha value is -1.06. The van der Waals surface area contributed by atoms with E-state index in [0.29, 0.717) is 6.54 Å².